The topological polar surface area (TPSA) is 76.0 Å². The van der Waals surface area contributed by atoms with Crippen molar-refractivity contribution in [1.29, 1.82) is 0 Å². The van der Waals surface area contributed by atoms with Crippen LogP contribution in [0.3, 0.4) is 0 Å². The van der Waals surface area contributed by atoms with Crippen molar-refractivity contribution in [2.75, 3.05) is 0 Å². The minimum Gasteiger partial charge on any atom is -0.481 e. The van der Waals surface area contributed by atoms with E-state index in [9.17, 15) is 14.7 Å². The molecule has 1 N–H and O–H groups in total. The highest BCUT2D eigenvalue weighted by Crippen LogP contribution is 2.82. The van der Waals surface area contributed by atoms with Gasteiger partial charge in [0.1, 0.15) is 17.8 Å². The van der Waals surface area contributed by atoms with Crippen LogP contribution in [0.2, 0.25) is 0 Å². The summed E-state index contributed by atoms with van der Waals surface area (Å²) >= 11 is 0. The largest absolute Gasteiger partial charge is 0.481 e. The average Bonchev–Trinajstić information content (AvgIpc) is 3.32. The second-order valence-corrected chi connectivity index (χ2v) is 11.5. The van der Waals surface area contributed by atoms with E-state index >= 15 is 0 Å². The molecule has 0 aromatic heterocycles. The molecule has 5 heteroatoms. The van der Waals surface area contributed by atoms with E-state index < -0.39 is 22.2 Å². The first-order valence-corrected chi connectivity index (χ1v) is 12.5. The standard InChI is InChI=1S/C26H37NO4/c1-16(2)22-11-18-12-25(15-28)21-10-9-17(3)20(21)13-24(18,26(22,25)23(29)30)14-27-31-19-7-5-4-6-8-19/h11,14-21H,4-10,12-13H2,1-3H3,(H,29,30)/b27-14+/t17-,18+,20-,21-,24?,25+,26-/m1/s1. The zero-order valence-corrected chi connectivity index (χ0v) is 19.2. The summed E-state index contributed by atoms with van der Waals surface area (Å²) in [5.74, 6) is 0.350. The molecule has 4 bridgehead atoms. The van der Waals surface area contributed by atoms with E-state index in [1.807, 2.05) is 6.21 Å². The first-order chi connectivity index (χ1) is 14.8. The van der Waals surface area contributed by atoms with Crippen molar-refractivity contribution in [2.45, 2.75) is 84.7 Å². The highest BCUT2D eigenvalue weighted by Gasteiger charge is 2.84. The quantitative estimate of drug-likeness (QED) is 0.272. The summed E-state index contributed by atoms with van der Waals surface area (Å²) in [4.78, 5) is 32.2. The number of aldehydes is 1. The molecule has 4 fully saturated rings. The van der Waals surface area contributed by atoms with Gasteiger partial charge in [-0.15, -0.1) is 0 Å². The molecule has 0 saturated heterocycles. The van der Waals surface area contributed by atoms with Crippen LogP contribution in [0.4, 0.5) is 0 Å². The van der Waals surface area contributed by atoms with Crippen LogP contribution in [0.5, 0.6) is 0 Å². The number of oxime groups is 1. The molecule has 5 nitrogen and oxygen atoms in total. The van der Waals surface area contributed by atoms with Crippen LogP contribution in [0.1, 0.15) is 78.6 Å². The van der Waals surface area contributed by atoms with E-state index in [0.29, 0.717) is 18.3 Å². The van der Waals surface area contributed by atoms with Crippen LogP contribution in [0.25, 0.3) is 0 Å². The van der Waals surface area contributed by atoms with Crippen LogP contribution < -0.4 is 0 Å². The van der Waals surface area contributed by atoms with Gasteiger partial charge in [-0.1, -0.05) is 50.4 Å². The van der Waals surface area contributed by atoms with Crippen LogP contribution in [0, 0.1) is 45.8 Å². The number of carbonyl (C=O) groups excluding carboxylic acids is 1. The number of fused-ring (bicyclic) bond motifs is 2. The Labute approximate surface area is 185 Å². The van der Waals surface area contributed by atoms with Crippen LogP contribution >= 0.6 is 0 Å². The third-order valence-electron chi connectivity index (χ3n) is 10.0. The Bertz CT molecular complexity index is 827. The molecule has 0 amide bonds. The van der Waals surface area contributed by atoms with Gasteiger partial charge >= 0.3 is 5.97 Å². The molecular formula is C26H37NO4. The Morgan fingerprint density at radius 3 is 2.55 bits per heavy atom. The van der Waals surface area contributed by atoms with Gasteiger partial charge in [0.2, 0.25) is 0 Å². The molecular weight excluding hydrogens is 390 g/mol. The first kappa shape index (κ1) is 21.2. The number of allylic oxidation sites excluding steroid dienone is 1. The van der Waals surface area contributed by atoms with E-state index in [0.717, 1.165) is 44.0 Å². The number of nitrogens with zero attached hydrogens (tertiary/aromatic N) is 1. The zero-order valence-electron chi connectivity index (χ0n) is 19.2. The molecule has 0 heterocycles. The summed E-state index contributed by atoms with van der Waals surface area (Å²) < 4.78 is 0. The number of hydrogen-bond donors (Lipinski definition) is 1. The molecule has 4 saturated carbocycles. The molecule has 0 aromatic rings. The van der Waals surface area contributed by atoms with Crippen molar-refractivity contribution in [2.24, 2.45) is 51.0 Å². The number of carboxylic acid groups (broad SMARTS) is 1. The fourth-order valence-corrected chi connectivity index (χ4v) is 8.87. The Morgan fingerprint density at radius 2 is 1.90 bits per heavy atom. The fraction of sp³-hybridized carbons (Fsp3) is 0.808. The smallest absolute Gasteiger partial charge is 0.315 e. The highest BCUT2D eigenvalue weighted by atomic mass is 16.6. The summed E-state index contributed by atoms with van der Waals surface area (Å²) in [5, 5.41) is 15.4. The monoisotopic (exact) mass is 427 g/mol. The minimum absolute atomic E-state index is 0.0442. The number of aliphatic carboxylic acids is 1. The highest BCUT2D eigenvalue weighted by molar-refractivity contribution is 5.96. The Balaban J connectivity index is 1.63. The molecule has 170 valence electrons. The van der Waals surface area contributed by atoms with Gasteiger partial charge in [-0.05, 0) is 74.5 Å². The van der Waals surface area contributed by atoms with Crippen molar-refractivity contribution in [3.63, 3.8) is 0 Å². The van der Waals surface area contributed by atoms with E-state index in [4.69, 9.17) is 4.84 Å². The Kier molecular flexibility index (Phi) is 4.91. The van der Waals surface area contributed by atoms with Gasteiger partial charge in [-0.3, -0.25) is 4.79 Å². The first-order valence-electron chi connectivity index (χ1n) is 12.5. The van der Waals surface area contributed by atoms with Gasteiger partial charge in [-0.25, -0.2) is 0 Å². The van der Waals surface area contributed by atoms with Crippen LogP contribution in [0.15, 0.2) is 16.8 Å². The second-order valence-electron chi connectivity index (χ2n) is 11.5. The molecule has 7 atom stereocenters. The zero-order chi connectivity index (χ0) is 22.0. The number of hydrogen-bond acceptors (Lipinski definition) is 4. The van der Waals surface area contributed by atoms with E-state index in [1.165, 1.54) is 19.3 Å². The molecule has 0 aromatic carbocycles. The summed E-state index contributed by atoms with van der Waals surface area (Å²) in [5.41, 5.74) is -1.73. The molecule has 0 spiro atoms. The normalized spacial score (nSPS) is 46.4. The number of carbonyl (C=O) groups is 2. The van der Waals surface area contributed by atoms with Crippen molar-refractivity contribution in [1.82, 2.24) is 0 Å². The lowest BCUT2D eigenvalue weighted by Crippen LogP contribution is -2.63. The summed E-state index contributed by atoms with van der Waals surface area (Å²) in [6.07, 6.45) is 14.4. The second kappa shape index (κ2) is 7.18. The fourth-order valence-electron chi connectivity index (χ4n) is 8.87. The van der Waals surface area contributed by atoms with Crippen molar-refractivity contribution in [3.05, 3.63) is 11.6 Å². The van der Waals surface area contributed by atoms with Gasteiger partial charge in [0.05, 0.1) is 11.6 Å². The summed E-state index contributed by atoms with van der Waals surface area (Å²) in [6.45, 7) is 6.43. The molecule has 0 radical (unpaired) electrons. The number of carboxylic acids is 1. The van der Waals surface area contributed by atoms with Crippen molar-refractivity contribution >= 4 is 18.5 Å². The average molecular weight is 428 g/mol. The van der Waals surface area contributed by atoms with Crippen molar-refractivity contribution < 1.29 is 19.5 Å². The maximum Gasteiger partial charge on any atom is 0.315 e. The van der Waals surface area contributed by atoms with Crippen LogP contribution in [-0.4, -0.2) is 29.7 Å². The molecule has 5 aliphatic rings. The Hall–Kier alpha value is -1.65. The molecule has 0 aliphatic heterocycles. The van der Waals surface area contributed by atoms with Gasteiger partial charge in [0.25, 0.3) is 0 Å². The third-order valence-corrected chi connectivity index (χ3v) is 10.0. The minimum atomic E-state index is -1.19. The van der Waals surface area contributed by atoms with Crippen LogP contribution in [-0.2, 0) is 14.4 Å². The molecule has 31 heavy (non-hydrogen) atoms. The molecule has 1 unspecified atom stereocenters. The predicted octanol–water partition coefficient (Wildman–Crippen LogP) is 5.25. The lowest BCUT2D eigenvalue weighted by atomic mass is 9.43. The Morgan fingerprint density at radius 1 is 1.16 bits per heavy atom. The SMILES string of the molecule is CC(C)C1=C[C@H]2C[C@]3(C=O)[C@@H]4CC[C@@H](C)[C@H]4CC2(/C=N/OC2CCCCC2)[C@]13C(=O)O. The number of rotatable bonds is 6. The summed E-state index contributed by atoms with van der Waals surface area (Å²) in [7, 11) is 0. The van der Waals surface area contributed by atoms with Gasteiger partial charge in [0, 0.05) is 5.41 Å². The van der Waals surface area contributed by atoms with Gasteiger partial charge in [-0.2, -0.15) is 0 Å². The van der Waals surface area contributed by atoms with Gasteiger partial charge in [0.15, 0.2) is 0 Å². The van der Waals surface area contributed by atoms with Crippen molar-refractivity contribution in [3.8, 4) is 0 Å². The molecule has 5 aliphatic carbocycles. The maximum atomic E-state index is 13.3. The summed E-state index contributed by atoms with van der Waals surface area (Å²) in [6, 6.07) is 0. The lowest BCUT2D eigenvalue weighted by Gasteiger charge is -2.57. The van der Waals surface area contributed by atoms with E-state index in [1.54, 1.807) is 0 Å². The van der Waals surface area contributed by atoms with E-state index in [-0.39, 0.29) is 23.9 Å². The lowest BCUT2D eigenvalue weighted by molar-refractivity contribution is -0.173. The van der Waals surface area contributed by atoms with E-state index in [2.05, 4.69) is 32.0 Å². The maximum absolute atomic E-state index is 13.3. The predicted molar refractivity (Wildman–Crippen MR) is 118 cm³/mol. The third kappa shape index (κ3) is 2.47. The molecule has 5 rings (SSSR count). The van der Waals surface area contributed by atoms with Gasteiger partial charge < -0.3 is 14.7 Å².